The van der Waals surface area contributed by atoms with Gasteiger partial charge < -0.3 is 15.7 Å². The third-order valence-electron chi connectivity index (χ3n) is 6.44. The van der Waals surface area contributed by atoms with Crippen molar-refractivity contribution in [2.75, 3.05) is 11.6 Å². The van der Waals surface area contributed by atoms with E-state index in [1.54, 1.807) is 31.2 Å². The molecule has 7 nitrogen and oxygen atoms in total. The summed E-state index contributed by atoms with van der Waals surface area (Å²) in [6.45, 7) is 0.779. The van der Waals surface area contributed by atoms with Gasteiger partial charge >= 0.3 is 0 Å². The summed E-state index contributed by atoms with van der Waals surface area (Å²) in [5.41, 5.74) is 3.01. The molecule has 4 rings (SSSR count). The molecule has 3 N–H and O–H groups in total. The predicted octanol–water partition coefficient (Wildman–Crippen LogP) is 1.91. The molecule has 0 aliphatic carbocycles. The zero-order valence-corrected chi connectivity index (χ0v) is 18.5. The minimum Gasteiger partial charge on any atom is -0.388 e. The topological polar surface area (TPSA) is 98.7 Å². The fraction of sp³-hybridized carbons (Fsp3) is 0.400. The van der Waals surface area contributed by atoms with Crippen LogP contribution in [0.1, 0.15) is 41.3 Å². The Balaban J connectivity index is 1.60. The lowest BCUT2D eigenvalue weighted by molar-refractivity contribution is -0.128. The van der Waals surface area contributed by atoms with Crippen LogP contribution in [-0.2, 0) is 22.4 Å². The van der Waals surface area contributed by atoms with Crippen LogP contribution in [-0.4, -0.2) is 53.7 Å². The summed E-state index contributed by atoms with van der Waals surface area (Å²) in [6, 6.07) is 12.0. The Bertz CT molecular complexity index is 1050. The van der Waals surface area contributed by atoms with Crippen molar-refractivity contribution >= 4 is 23.4 Å². The lowest BCUT2D eigenvalue weighted by Crippen LogP contribution is -2.56. The fourth-order valence-corrected chi connectivity index (χ4v) is 4.66. The van der Waals surface area contributed by atoms with Crippen molar-refractivity contribution in [2.45, 2.75) is 56.8 Å². The Morgan fingerprint density at radius 1 is 1.15 bits per heavy atom. The second kappa shape index (κ2) is 9.70. The second-order valence-electron chi connectivity index (χ2n) is 8.53. The van der Waals surface area contributed by atoms with Gasteiger partial charge in [-0.15, -0.1) is 0 Å². The third-order valence-corrected chi connectivity index (χ3v) is 6.44. The van der Waals surface area contributed by atoms with Crippen LogP contribution in [0.2, 0.25) is 0 Å². The van der Waals surface area contributed by atoms with Gasteiger partial charge in [-0.1, -0.05) is 43.3 Å². The highest BCUT2D eigenvalue weighted by Crippen LogP contribution is 2.39. The summed E-state index contributed by atoms with van der Waals surface area (Å²) in [5.74, 6) is -1.14. The van der Waals surface area contributed by atoms with Gasteiger partial charge in [0.1, 0.15) is 24.9 Å². The molecule has 2 unspecified atom stereocenters. The van der Waals surface area contributed by atoms with Gasteiger partial charge in [0.05, 0.1) is 11.7 Å². The standard InChI is InChI=1S/C25H28FN3O4/c1-2-18(21(30)14-26)27-24(32)20-13-17-10-6-9-15-11-12-19(25(33)29(20)22(15)17)28-23(31)16-7-4-3-5-8-16/h3-10,18-21,30H,2,11-14H2,1H3,(H,27,32)(H,28,31)/t18?,19-,20-,21?/m0/s1. The molecular formula is C25H28FN3O4. The quantitative estimate of drug-likeness (QED) is 0.597. The normalized spacial score (nSPS) is 21.1. The molecule has 0 saturated carbocycles. The molecule has 0 saturated heterocycles. The first kappa shape index (κ1) is 22.9. The maximum Gasteiger partial charge on any atom is 0.251 e. The van der Waals surface area contributed by atoms with Crippen LogP contribution in [0.15, 0.2) is 48.5 Å². The molecule has 2 aromatic rings. The molecule has 0 fully saturated rings. The highest BCUT2D eigenvalue weighted by Gasteiger charge is 2.44. The molecule has 2 aromatic carbocycles. The van der Waals surface area contributed by atoms with E-state index < -0.39 is 36.8 Å². The Morgan fingerprint density at radius 2 is 1.88 bits per heavy atom. The molecule has 2 heterocycles. The molecular weight excluding hydrogens is 425 g/mol. The first-order valence-electron chi connectivity index (χ1n) is 11.3. The van der Waals surface area contributed by atoms with Crippen molar-refractivity contribution in [1.82, 2.24) is 10.6 Å². The highest BCUT2D eigenvalue weighted by molar-refractivity contribution is 6.08. The number of aliphatic hydroxyl groups excluding tert-OH is 1. The van der Waals surface area contributed by atoms with Crippen LogP contribution in [0.25, 0.3) is 0 Å². The number of anilines is 1. The number of aryl methyl sites for hydroxylation is 1. The van der Waals surface area contributed by atoms with Crippen molar-refractivity contribution in [2.24, 2.45) is 0 Å². The summed E-state index contributed by atoms with van der Waals surface area (Å²) in [7, 11) is 0. The van der Waals surface area contributed by atoms with Gasteiger partial charge in [-0.2, -0.15) is 0 Å². The molecule has 3 amide bonds. The Morgan fingerprint density at radius 3 is 2.58 bits per heavy atom. The molecule has 2 aliphatic rings. The lowest BCUT2D eigenvalue weighted by atomic mass is 10.0. The van der Waals surface area contributed by atoms with Crippen molar-refractivity contribution < 1.29 is 23.9 Å². The number of aliphatic hydroxyl groups is 1. The molecule has 0 spiro atoms. The van der Waals surface area contributed by atoms with Crippen LogP contribution in [0, 0.1) is 0 Å². The van der Waals surface area contributed by atoms with E-state index in [0.717, 1.165) is 16.8 Å². The van der Waals surface area contributed by atoms with E-state index in [9.17, 15) is 23.9 Å². The van der Waals surface area contributed by atoms with Gasteiger partial charge in [0.2, 0.25) is 11.8 Å². The molecule has 8 heteroatoms. The number of rotatable bonds is 7. The molecule has 4 atom stereocenters. The fourth-order valence-electron chi connectivity index (χ4n) is 4.66. The van der Waals surface area contributed by atoms with Crippen molar-refractivity contribution in [3.63, 3.8) is 0 Å². The number of alkyl halides is 1. The molecule has 174 valence electrons. The largest absolute Gasteiger partial charge is 0.388 e. The van der Waals surface area contributed by atoms with E-state index in [2.05, 4.69) is 10.6 Å². The van der Waals surface area contributed by atoms with Crippen LogP contribution in [0.4, 0.5) is 10.1 Å². The number of benzene rings is 2. The van der Waals surface area contributed by atoms with E-state index in [1.807, 2.05) is 24.3 Å². The predicted molar refractivity (Wildman–Crippen MR) is 122 cm³/mol. The summed E-state index contributed by atoms with van der Waals surface area (Å²) in [4.78, 5) is 41.0. The number of nitrogens with zero attached hydrogens (tertiary/aromatic N) is 1. The van der Waals surface area contributed by atoms with E-state index in [1.165, 1.54) is 4.90 Å². The number of carbonyl (C=O) groups excluding carboxylic acids is 3. The van der Waals surface area contributed by atoms with E-state index >= 15 is 0 Å². The molecule has 2 aliphatic heterocycles. The Hall–Kier alpha value is -3.26. The number of nitrogens with one attached hydrogen (secondary N) is 2. The van der Waals surface area contributed by atoms with Crippen LogP contribution in [0.3, 0.4) is 0 Å². The van der Waals surface area contributed by atoms with Crippen molar-refractivity contribution in [3.05, 3.63) is 65.2 Å². The smallest absolute Gasteiger partial charge is 0.251 e. The van der Waals surface area contributed by atoms with Crippen LogP contribution < -0.4 is 15.5 Å². The van der Waals surface area contributed by atoms with Crippen LogP contribution >= 0.6 is 0 Å². The van der Waals surface area contributed by atoms with Crippen LogP contribution in [0.5, 0.6) is 0 Å². The molecule has 0 radical (unpaired) electrons. The SMILES string of the molecule is CCC(NC(=O)[C@@H]1Cc2cccc3c2N1C(=O)[C@@H](NC(=O)c1ccccc1)CC3)C(O)CF. The van der Waals surface area contributed by atoms with E-state index in [-0.39, 0.29) is 11.8 Å². The number of halogens is 1. The third kappa shape index (κ3) is 4.48. The van der Waals surface area contributed by atoms with Crippen molar-refractivity contribution in [3.8, 4) is 0 Å². The summed E-state index contributed by atoms with van der Waals surface area (Å²) < 4.78 is 13.0. The maximum atomic E-state index is 13.6. The summed E-state index contributed by atoms with van der Waals surface area (Å²) in [6.07, 6.45) is 0.360. The zero-order chi connectivity index (χ0) is 23.5. The number of hydrogen-bond acceptors (Lipinski definition) is 4. The number of carbonyl (C=O) groups is 3. The summed E-state index contributed by atoms with van der Waals surface area (Å²) in [5, 5.41) is 15.4. The van der Waals surface area contributed by atoms with Gasteiger partial charge in [0.15, 0.2) is 0 Å². The first-order valence-corrected chi connectivity index (χ1v) is 11.3. The second-order valence-corrected chi connectivity index (χ2v) is 8.53. The first-order chi connectivity index (χ1) is 15.9. The minimum atomic E-state index is -1.31. The Labute approximate surface area is 192 Å². The molecule has 0 aromatic heterocycles. The average Bonchev–Trinajstić information content (AvgIpc) is 3.18. The van der Waals surface area contributed by atoms with E-state index in [4.69, 9.17) is 0 Å². The van der Waals surface area contributed by atoms with Gasteiger partial charge in [0.25, 0.3) is 5.91 Å². The maximum absolute atomic E-state index is 13.6. The van der Waals surface area contributed by atoms with Gasteiger partial charge in [-0.05, 0) is 42.5 Å². The lowest BCUT2D eigenvalue weighted by Gasteiger charge is -2.30. The average molecular weight is 454 g/mol. The number of amides is 3. The van der Waals surface area contributed by atoms with Crippen molar-refractivity contribution in [1.29, 1.82) is 0 Å². The monoisotopic (exact) mass is 453 g/mol. The van der Waals surface area contributed by atoms with Gasteiger partial charge in [-0.25, -0.2) is 4.39 Å². The van der Waals surface area contributed by atoms with Gasteiger partial charge in [-0.3, -0.25) is 19.3 Å². The number of hydrogen-bond donors (Lipinski definition) is 3. The van der Waals surface area contributed by atoms with E-state index in [0.29, 0.717) is 31.2 Å². The summed E-state index contributed by atoms with van der Waals surface area (Å²) >= 11 is 0. The Kier molecular flexibility index (Phi) is 6.74. The molecule has 33 heavy (non-hydrogen) atoms. The number of para-hydroxylation sites is 1. The zero-order valence-electron chi connectivity index (χ0n) is 18.5. The van der Waals surface area contributed by atoms with Gasteiger partial charge in [0, 0.05) is 12.0 Å². The minimum absolute atomic E-state index is 0.322. The molecule has 0 bridgehead atoms. The highest BCUT2D eigenvalue weighted by atomic mass is 19.1.